The molecule has 1 heterocycles. The Bertz CT molecular complexity index is 804. The maximum absolute atomic E-state index is 12.0. The van der Waals surface area contributed by atoms with Crippen LogP contribution in [-0.4, -0.2) is 17.8 Å². The number of carbonyl (C=O) groups is 3. The molecule has 7 heteroatoms. The van der Waals surface area contributed by atoms with E-state index in [9.17, 15) is 14.4 Å². The fourth-order valence-electron chi connectivity index (χ4n) is 2.17. The van der Waals surface area contributed by atoms with Crippen LogP contribution in [0.1, 0.15) is 20.7 Å². The van der Waals surface area contributed by atoms with Gasteiger partial charge in [0.15, 0.2) is 0 Å². The number of halogens is 1. The predicted octanol–water partition coefficient (Wildman–Crippen LogP) is 2.87. The monoisotopic (exact) mass is 315 g/mol. The van der Waals surface area contributed by atoms with Gasteiger partial charge in [0.05, 0.1) is 16.8 Å². The first kappa shape index (κ1) is 14.1. The zero-order valence-electron chi connectivity index (χ0n) is 11.1. The summed E-state index contributed by atoms with van der Waals surface area (Å²) in [6, 6.07) is 10.8. The zero-order valence-corrected chi connectivity index (χ0v) is 11.9. The van der Waals surface area contributed by atoms with Crippen molar-refractivity contribution in [3.8, 4) is 0 Å². The second kappa shape index (κ2) is 5.50. The highest BCUT2D eigenvalue weighted by molar-refractivity contribution is 6.31. The summed E-state index contributed by atoms with van der Waals surface area (Å²) in [7, 11) is 0. The Morgan fingerprint density at radius 1 is 1.00 bits per heavy atom. The lowest BCUT2D eigenvalue weighted by Crippen LogP contribution is -2.22. The van der Waals surface area contributed by atoms with Gasteiger partial charge in [-0.05, 0) is 30.3 Å². The Balaban J connectivity index is 1.81. The second-order valence-electron chi connectivity index (χ2n) is 4.60. The Labute approximate surface area is 130 Å². The van der Waals surface area contributed by atoms with Crippen molar-refractivity contribution in [2.75, 3.05) is 10.6 Å². The molecule has 22 heavy (non-hydrogen) atoms. The number of amides is 4. The van der Waals surface area contributed by atoms with Crippen LogP contribution in [0, 0.1) is 0 Å². The largest absolute Gasteiger partial charge is 0.323 e. The van der Waals surface area contributed by atoms with Gasteiger partial charge < -0.3 is 10.6 Å². The minimum Gasteiger partial charge on any atom is -0.308 e. The molecule has 4 amide bonds. The highest BCUT2D eigenvalue weighted by Crippen LogP contribution is 2.24. The van der Waals surface area contributed by atoms with Gasteiger partial charge in [0.1, 0.15) is 0 Å². The van der Waals surface area contributed by atoms with Crippen LogP contribution in [0.15, 0.2) is 42.5 Å². The minimum absolute atomic E-state index is 0.161. The van der Waals surface area contributed by atoms with Crippen LogP contribution < -0.4 is 16.0 Å². The van der Waals surface area contributed by atoms with E-state index >= 15 is 0 Å². The summed E-state index contributed by atoms with van der Waals surface area (Å²) >= 11 is 5.84. The standard InChI is InChI=1S/C15H10ClN3O3/c16-8-3-1-4-9(7-8)17-15(22)18-11-6-2-5-10-12(11)14(21)19-13(10)20/h1-7H,(H2,17,18,22)(H,19,20,21). The van der Waals surface area contributed by atoms with Crippen LogP contribution >= 0.6 is 11.6 Å². The molecule has 6 nitrogen and oxygen atoms in total. The van der Waals surface area contributed by atoms with Gasteiger partial charge in [-0.15, -0.1) is 0 Å². The Morgan fingerprint density at radius 3 is 2.55 bits per heavy atom. The Kier molecular flexibility index (Phi) is 3.52. The van der Waals surface area contributed by atoms with Crippen LogP contribution in [0.2, 0.25) is 5.02 Å². The first-order chi connectivity index (χ1) is 10.5. The molecular formula is C15H10ClN3O3. The van der Waals surface area contributed by atoms with Gasteiger partial charge in [-0.1, -0.05) is 23.7 Å². The first-order valence-corrected chi connectivity index (χ1v) is 6.74. The third-order valence-corrected chi connectivity index (χ3v) is 3.33. The zero-order chi connectivity index (χ0) is 15.7. The fraction of sp³-hybridized carbons (Fsp3) is 0. The van der Waals surface area contributed by atoms with Gasteiger partial charge in [0, 0.05) is 10.7 Å². The van der Waals surface area contributed by atoms with Crippen molar-refractivity contribution >= 4 is 40.8 Å². The highest BCUT2D eigenvalue weighted by Gasteiger charge is 2.29. The lowest BCUT2D eigenvalue weighted by atomic mass is 10.1. The molecule has 3 N–H and O–H groups in total. The fourth-order valence-corrected chi connectivity index (χ4v) is 2.36. The molecule has 0 bridgehead atoms. The van der Waals surface area contributed by atoms with Gasteiger partial charge in [0.2, 0.25) is 0 Å². The molecule has 0 aliphatic carbocycles. The number of urea groups is 1. The number of anilines is 2. The molecule has 0 spiro atoms. The molecule has 1 aliphatic heterocycles. The van der Waals surface area contributed by atoms with E-state index in [1.165, 1.54) is 6.07 Å². The van der Waals surface area contributed by atoms with Crippen molar-refractivity contribution in [1.82, 2.24) is 5.32 Å². The maximum atomic E-state index is 12.0. The van der Waals surface area contributed by atoms with Gasteiger partial charge in [0.25, 0.3) is 11.8 Å². The Hall–Kier alpha value is -2.86. The summed E-state index contributed by atoms with van der Waals surface area (Å²) in [6.07, 6.45) is 0. The lowest BCUT2D eigenvalue weighted by Gasteiger charge is -2.10. The molecule has 0 unspecified atom stereocenters. The number of fused-ring (bicyclic) bond motifs is 1. The summed E-state index contributed by atoms with van der Waals surface area (Å²) in [5.41, 5.74) is 1.18. The third-order valence-electron chi connectivity index (χ3n) is 3.09. The molecule has 2 aromatic rings. The Morgan fingerprint density at radius 2 is 1.77 bits per heavy atom. The summed E-state index contributed by atoms with van der Waals surface area (Å²) in [6.45, 7) is 0. The SMILES string of the molecule is O=C(Nc1cccc(Cl)c1)Nc1cccc2c1C(=O)NC2=O. The van der Waals surface area contributed by atoms with Gasteiger partial charge >= 0.3 is 6.03 Å². The average Bonchev–Trinajstić information content (AvgIpc) is 2.75. The third kappa shape index (κ3) is 2.64. The number of nitrogens with one attached hydrogen (secondary N) is 3. The molecule has 1 aliphatic rings. The predicted molar refractivity (Wildman–Crippen MR) is 82.3 cm³/mol. The number of rotatable bonds is 2. The van der Waals surface area contributed by atoms with Crippen molar-refractivity contribution < 1.29 is 14.4 Å². The quantitative estimate of drug-likeness (QED) is 0.745. The van der Waals surface area contributed by atoms with Crippen molar-refractivity contribution in [1.29, 1.82) is 0 Å². The molecule has 0 saturated carbocycles. The van der Waals surface area contributed by atoms with E-state index in [0.717, 1.165) is 0 Å². The number of hydrogen-bond donors (Lipinski definition) is 3. The summed E-state index contributed by atoms with van der Waals surface area (Å²) < 4.78 is 0. The van der Waals surface area contributed by atoms with Crippen LogP contribution in [0.5, 0.6) is 0 Å². The average molecular weight is 316 g/mol. The van der Waals surface area contributed by atoms with Crippen molar-refractivity contribution in [3.63, 3.8) is 0 Å². The van der Waals surface area contributed by atoms with Crippen molar-refractivity contribution in [2.45, 2.75) is 0 Å². The van der Waals surface area contributed by atoms with Crippen LogP contribution in [0.25, 0.3) is 0 Å². The van der Waals surface area contributed by atoms with Crippen molar-refractivity contribution in [3.05, 3.63) is 58.6 Å². The van der Waals surface area contributed by atoms with E-state index in [1.807, 2.05) is 0 Å². The number of imide groups is 1. The van der Waals surface area contributed by atoms with Crippen LogP contribution in [0.4, 0.5) is 16.2 Å². The molecule has 0 atom stereocenters. The highest BCUT2D eigenvalue weighted by atomic mass is 35.5. The maximum Gasteiger partial charge on any atom is 0.323 e. The molecule has 0 saturated heterocycles. The van der Waals surface area contributed by atoms with Gasteiger partial charge in [-0.3, -0.25) is 14.9 Å². The van der Waals surface area contributed by atoms with Crippen LogP contribution in [-0.2, 0) is 0 Å². The summed E-state index contributed by atoms with van der Waals surface area (Å²) in [4.78, 5) is 35.3. The number of carbonyl (C=O) groups excluding carboxylic acids is 3. The van der Waals surface area contributed by atoms with E-state index in [4.69, 9.17) is 11.6 Å². The lowest BCUT2D eigenvalue weighted by molar-refractivity contribution is 0.0880. The van der Waals surface area contributed by atoms with E-state index in [1.54, 1.807) is 36.4 Å². The normalized spacial score (nSPS) is 12.6. The summed E-state index contributed by atoms with van der Waals surface area (Å²) in [5.74, 6) is -1.00. The molecule has 0 aromatic heterocycles. The number of hydrogen-bond acceptors (Lipinski definition) is 3. The van der Waals surface area contributed by atoms with Gasteiger partial charge in [-0.2, -0.15) is 0 Å². The van der Waals surface area contributed by atoms with E-state index in [0.29, 0.717) is 10.7 Å². The molecule has 3 rings (SSSR count). The van der Waals surface area contributed by atoms with Crippen LogP contribution in [0.3, 0.4) is 0 Å². The molecule has 110 valence electrons. The summed E-state index contributed by atoms with van der Waals surface area (Å²) in [5, 5.41) is 7.83. The molecular weight excluding hydrogens is 306 g/mol. The smallest absolute Gasteiger partial charge is 0.308 e. The van der Waals surface area contributed by atoms with E-state index in [-0.39, 0.29) is 16.8 Å². The van der Waals surface area contributed by atoms with E-state index in [2.05, 4.69) is 16.0 Å². The van der Waals surface area contributed by atoms with E-state index < -0.39 is 17.8 Å². The van der Waals surface area contributed by atoms with Crippen molar-refractivity contribution in [2.24, 2.45) is 0 Å². The molecule has 0 radical (unpaired) electrons. The number of benzene rings is 2. The first-order valence-electron chi connectivity index (χ1n) is 6.37. The topological polar surface area (TPSA) is 87.3 Å². The molecule has 0 fully saturated rings. The van der Waals surface area contributed by atoms with Gasteiger partial charge in [-0.25, -0.2) is 4.79 Å². The molecule has 2 aromatic carbocycles. The second-order valence-corrected chi connectivity index (χ2v) is 5.04. The minimum atomic E-state index is -0.539.